The van der Waals surface area contributed by atoms with Crippen LogP contribution in [0.4, 0.5) is 0 Å². The van der Waals surface area contributed by atoms with Gasteiger partial charge in [0.1, 0.15) is 6.04 Å². The number of nitrogens with zero attached hydrogens (tertiary/aromatic N) is 3. The van der Waals surface area contributed by atoms with Crippen LogP contribution in [0.2, 0.25) is 0 Å². The Hall–Kier alpha value is -1.34. The van der Waals surface area contributed by atoms with E-state index in [1.165, 1.54) is 5.69 Å². The van der Waals surface area contributed by atoms with Crippen LogP contribution < -0.4 is 5.32 Å². The molecule has 4 heteroatoms. The predicted octanol–water partition coefficient (Wildman–Crippen LogP) is 1.90. The molecule has 0 fully saturated rings. The molecule has 4 nitrogen and oxygen atoms in total. The van der Waals surface area contributed by atoms with E-state index in [2.05, 4.69) is 36.4 Å². The summed E-state index contributed by atoms with van der Waals surface area (Å²) in [6.07, 6.45) is 1.89. The van der Waals surface area contributed by atoms with Crippen LogP contribution >= 0.6 is 0 Å². The van der Waals surface area contributed by atoms with Gasteiger partial charge in [-0.2, -0.15) is 10.4 Å². The van der Waals surface area contributed by atoms with Crippen LogP contribution in [0, 0.1) is 11.3 Å². The molecule has 1 rings (SSSR count). The number of hydrogen-bond donors (Lipinski definition) is 1. The lowest BCUT2D eigenvalue weighted by Crippen LogP contribution is -2.37. The van der Waals surface area contributed by atoms with Gasteiger partial charge < -0.3 is 0 Å². The summed E-state index contributed by atoms with van der Waals surface area (Å²) in [6, 6.07) is 4.55. The molecule has 1 unspecified atom stereocenters. The van der Waals surface area contributed by atoms with Crippen molar-refractivity contribution in [2.75, 3.05) is 0 Å². The molecule has 0 radical (unpaired) electrons. The second-order valence-corrected chi connectivity index (χ2v) is 4.52. The Morgan fingerprint density at radius 1 is 1.41 bits per heavy atom. The highest BCUT2D eigenvalue weighted by Crippen LogP contribution is 2.07. The second kappa shape index (κ2) is 6.41. The Labute approximate surface area is 104 Å². The molecule has 0 saturated heterocycles. The van der Waals surface area contributed by atoms with Crippen LogP contribution in [-0.2, 0) is 19.4 Å². The van der Waals surface area contributed by atoms with E-state index in [9.17, 15) is 0 Å². The Morgan fingerprint density at radius 3 is 2.59 bits per heavy atom. The lowest BCUT2D eigenvalue weighted by atomic mass is 10.2. The smallest absolute Gasteiger partial charge is 0.115 e. The number of nitrogens with one attached hydrogen (secondary N) is 1. The molecule has 1 heterocycles. The maximum Gasteiger partial charge on any atom is 0.115 e. The average molecular weight is 234 g/mol. The fraction of sp³-hybridized carbons (Fsp3) is 0.692. The van der Waals surface area contributed by atoms with Crippen LogP contribution in [0.5, 0.6) is 0 Å². The molecular formula is C13H22N4. The first kappa shape index (κ1) is 13.7. The fourth-order valence-corrected chi connectivity index (χ4v) is 1.84. The number of nitriles is 1. The number of aryl methyl sites for hydroxylation is 2. The van der Waals surface area contributed by atoms with Gasteiger partial charge in [-0.15, -0.1) is 0 Å². The summed E-state index contributed by atoms with van der Waals surface area (Å²) in [6.45, 7) is 8.93. The quantitative estimate of drug-likeness (QED) is 0.818. The Kier molecular flexibility index (Phi) is 5.17. The largest absolute Gasteiger partial charge is 0.298 e. The molecule has 0 aromatic carbocycles. The molecule has 1 atom stereocenters. The molecule has 17 heavy (non-hydrogen) atoms. The van der Waals surface area contributed by atoms with Crippen LogP contribution in [-0.4, -0.2) is 21.9 Å². The molecule has 0 amide bonds. The monoisotopic (exact) mass is 234 g/mol. The van der Waals surface area contributed by atoms with Crippen molar-refractivity contribution >= 4 is 0 Å². The number of rotatable bonds is 6. The summed E-state index contributed by atoms with van der Waals surface area (Å²) >= 11 is 0. The minimum Gasteiger partial charge on any atom is -0.298 e. The van der Waals surface area contributed by atoms with E-state index in [0.29, 0.717) is 12.6 Å². The number of aromatic nitrogens is 2. The van der Waals surface area contributed by atoms with Crippen LogP contribution in [0.25, 0.3) is 0 Å². The summed E-state index contributed by atoms with van der Waals surface area (Å²) in [5.41, 5.74) is 2.30. The molecule has 0 aliphatic rings. The van der Waals surface area contributed by atoms with Crippen LogP contribution in [0.15, 0.2) is 6.07 Å². The van der Waals surface area contributed by atoms with Crippen molar-refractivity contribution in [1.82, 2.24) is 15.1 Å². The van der Waals surface area contributed by atoms with Crippen molar-refractivity contribution in [2.45, 2.75) is 59.2 Å². The summed E-state index contributed by atoms with van der Waals surface area (Å²) in [4.78, 5) is 0. The zero-order chi connectivity index (χ0) is 12.8. The molecular weight excluding hydrogens is 212 g/mol. The summed E-state index contributed by atoms with van der Waals surface area (Å²) in [7, 11) is 0. The third kappa shape index (κ3) is 3.86. The maximum absolute atomic E-state index is 9.11. The molecule has 0 aliphatic carbocycles. The van der Waals surface area contributed by atoms with E-state index >= 15 is 0 Å². The van der Waals surface area contributed by atoms with E-state index in [0.717, 1.165) is 18.5 Å². The van der Waals surface area contributed by atoms with Crippen molar-refractivity contribution in [3.8, 4) is 6.07 Å². The Balaban J connectivity index is 2.78. The first-order chi connectivity index (χ1) is 8.10. The van der Waals surface area contributed by atoms with E-state index < -0.39 is 0 Å². The van der Waals surface area contributed by atoms with Gasteiger partial charge in [0.2, 0.25) is 0 Å². The minimum absolute atomic E-state index is 0.176. The molecule has 0 aliphatic heterocycles. The van der Waals surface area contributed by atoms with Crippen molar-refractivity contribution in [3.63, 3.8) is 0 Å². The van der Waals surface area contributed by atoms with Crippen molar-refractivity contribution in [1.29, 1.82) is 5.26 Å². The number of hydrogen-bond acceptors (Lipinski definition) is 3. The molecule has 1 N–H and O–H groups in total. The topological polar surface area (TPSA) is 53.6 Å². The van der Waals surface area contributed by atoms with Gasteiger partial charge in [0.15, 0.2) is 0 Å². The van der Waals surface area contributed by atoms with E-state index in [1.54, 1.807) is 0 Å². The molecule has 94 valence electrons. The SMILES string of the molecule is CCc1cc(CC)n(CC(C#N)NC(C)C)n1. The minimum atomic E-state index is -0.176. The van der Waals surface area contributed by atoms with Gasteiger partial charge in [0.05, 0.1) is 18.3 Å². The van der Waals surface area contributed by atoms with Crippen molar-refractivity contribution < 1.29 is 0 Å². The van der Waals surface area contributed by atoms with Gasteiger partial charge in [-0.3, -0.25) is 10.00 Å². The standard InChI is InChI=1S/C13H22N4/c1-5-11-7-13(6-2)17(16-11)9-12(8-14)15-10(3)4/h7,10,12,15H,5-6,9H2,1-4H3. The summed E-state index contributed by atoms with van der Waals surface area (Å²) < 4.78 is 1.96. The molecule has 0 saturated carbocycles. The molecule has 0 spiro atoms. The lowest BCUT2D eigenvalue weighted by molar-refractivity contribution is 0.446. The highest BCUT2D eigenvalue weighted by atomic mass is 15.3. The predicted molar refractivity (Wildman–Crippen MR) is 68.7 cm³/mol. The van der Waals surface area contributed by atoms with E-state index in [4.69, 9.17) is 5.26 Å². The van der Waals surface area contributed by atoms with E-state index in [1.807, 2.05) is 18.5 Å². The molecule has 1 aromatic heterocycles. The zero-order valence-corrected chi connectivity index (χ0v) is 11.2. The fourth-order valence-electron chi connectivity index (χ4n) is 1.84. The van der Waals surface area contributed by atoms with Crippen LogP contribution in [0.1, 0.15) is 39.1 Å². The van der Waals surface area contributed by atoms with Crippen molar-refractivity contribution in [2.24, 2.45) is 0 Å². The summed E-state index contributed by atoms with van der Waals surface area (Å²) in [5, 5.41) is 16.9. The normalized spacial score (nSPS) is 12.7. The van der Waals surface area contributed by atoms with Gasteiger partial charge in [0, 0.05) is 11.7 Å². The average Bonchev–Trinajstić information content (AvgIpc) is 2.69. The second-order valence-electron chi connectivity index (χ2n) is 4.52. The lowest BCUT2D eigenvalue weighted by Gasteiger charge is -2.15. The van der Waals surface area contributed by atoms with Gasteiger partial charge in [0.25, 0.3) is 0 Å². The maximum atomic E-state index is 9.11. The van der Waals surface area contributed by atoms with E-state index in [-0.39, 0.29) is 6.04 Å². The van der Waals surface area contributed by atoms with Gasteiger partial charge >= 0.3 is 0 Å². The highest BCUT2D eigenvalue weighted by molar-refractivity contribution is 5.11. The van der Waals surface area contributed by atoms with Gasteiger partial charge in [-0.25, -0.2) is 0 Å². The van der Waals surface area contributed by atoms with Crippen molar-refractivity contribution in [3.05, 3.63) is 17.5 Å². The van der Waals surface area contributed by atoms with Gasteiger partial charge in [-0.05, 0) is 32.8 Å². The zero-order valence-electron chi connectivity index (χ0n) is 11.2. The summed E-state index contributed by atoms with van der Waals surface area (Å²) in [5.74, 6) is 0. The Morgan fingerprint density at radius 2 is 2.12 bits per heavy atom. The molecule has 0 bridgehead atoms. The first-order valence-electron chi connectivity index (χ1n) is 6.31. The third-order valence-corrected chi connectivity index (χ3v) is 2.68. The first-order valence-corrected chi connectivity index (χ1v) is 6.31. The van der Waals surface area contributed by atoms with Gasteiger partial charge in [-0.1, -0.05) is 13.8 Å². The highest BCUT2D eigenvalue weighted by Gasteiger charge is 2.13. The molecule has 1 aromatic rings. The Bertz CT molecular complexity index is 387. The third-order valence-electron chi connectivity index (χ3n) is 2.68. The van der Waals surface area contributed by atoms with Crippen LogP contribution in [0.3, 0.4) is 0 Å².